The number of nitrogens with two attached hydrogens (primary N) is 1. The average Bonchev–Trinajstić information content (AvgIpc) is 2.31. The smallest absolute Gasteiger partial charge is 0.404 e. The summed E-state index contributed by atoms with van der Waals surface area (Å²) < 4.78 is 4.40. The van der Waals surface area contributed by atoms with Crippen LogP contribution >= 0.6 is 0 Å². The van der Waals surface area contributed by atoms with Crippen molar-refractivity contribution >= 4 is 18.1 Å². The van der Waals surface area contributed by atoms with E-state index in [2.05, 4.69) is 15.4 Å². The van der Waals surface area contributed by atoms with Gasteiger partial charge in [0.25, 0.3) is 0 Å². The average molecular weight is 261 g/mol. The molecule has 104 valence electrons. The summed E-state index contributed by atoms with van der Waals surface area (Å²) in [5.41, 5.74) is 3.72. The van der Waals surface area contributed by atoms with E-state index in [1.54, 1.807) is 13.8 Å². The molecule has 0 bridgehead atoms. The number of urea groups is 1. The first kappa shape index (κ1) is 16.0. The Bertz CT molecular complexity index is 321. The number of primary amides is 1. The zero-order valence-electron chi connectivity index (χ0n) is 10.5. The van der Waals surface area contributed by atoms with Gasteiger partial charge < -0.3 is 26.2 Å². The van der Waals surface area contributed by atoms with Crippen LogP contribution in [0.4, 0.5) is 9.59 Å². The number of nitrogens with one attached hydrogen (secondary N) is 2. The number of carbonyl (C=O) groups excluding carboxylic acids is 2. The van der Waals surface area contributed by atoms with Crippen molar-refractivity contribution in [2.24, 2.45) is 11.1 Å². The van der Waals surface area contributed by atoms with Crippen molar-refractivity contribution in [1.82, 2.24) is 10.6 Å². The number of ether oxygens (including phenoxy) is 1. The molecule has 0 fully saturated rings. The van der Waals surface area contributed by atoms with E-state index in [1.807, 2.05) is 0 Å². The summed E-state index contributed by atoms with van der Waals surface area (Å²) in [5.74, 6) is -0.970. The largest absolute Gasteiger partial charge is 0.481 e. The van der Waals surface area contributed by atoms with Gasteiger partial charge in [0.2, 0.25) is 0 Å². The maximum absolute atomic E-state index is 11.3. The molecule has 0 aromatic heterocycles. The highest BCUT2D eigenvalue weighted by molar-refractivity contribution is 5.77. The maximum Gasteiger partial charge on any atom is 0.404 e. The molecule has 18 heavy (non-hydrogen) atoms. The van der Waals surface area contributed by atoms with Crippen LogP contribution in [-0.2, 0) is 9.53 Å². The zero-order chi connectivity index (χ0) is 14.2. The standard InChI is InChI=1S/C10H19N3O5/c1-3-10(2,7(14)15)6-13-9(17)12-4-5-18-8(11)16/h3-6H2,1-2H3,(H2,11,16)(H,14,15)(H2,12,13,17). The number of carbonyl (C=O) groups is 3. The Morgan fingerprint density at radius 2 is 1.94 bits per heavy atom. The second-order valence-corrected chi connectivity index (χ2v) is 4.00. The zero-order valence-corrected chi connectivity index (χ0v) is 10.5. The molecule has 0 radical (unpaired) electrons. The first-order valence-electron chi connectivity index (χ1n) is 5.49. The minimum atomic E-state index is -0.999. The number of carboxylic acid groups (broad SMARTS) is 1. The Morgan fingerprint density at radius 1 is 1.33 bits per heavy atom. The highest BCUT2D eigenvalue weighted by Gasteiger charge is 2.31. The van der Waals surface area contributed by atoms with E-state index in [4.69, 9.17) is 10.8 Å². The van der Waals surface area contributed by atoms with Gasteiger partial charge in [0.05, 0.1) is 12.0 Å². The van der Waals surface area contributed by atoms with Crippen molar-refractivity contribution in [3.05, 3.63) is 0 Å². The molecule has 0 saturated heterocycles. The summed E-state index contributed by atoms with van der Waals surface area (Å²) in [6, 6.07) is -0.524. The molecule has 0 heterocycles. The highest BCUT2D eigenvalue weighted by Crippen LogP contribution is 2.19. The van der Waals surface area contributed by atoms with Crippen molar-refractivity contribution in [2.45, 2.75) is 20.3 Å². The fraction of sp³-hybridized carbons (Fsp3) is 0.700. The van der Waals surface area contributed by atoms with Crippen LogP contribution in [0.25, 0.3) is 0 Å². The summed E-state index contributed by atoms with van der Waals surface area (Å²) >= 11 is 0. The van der Waals surface area contributed by atoms with Gasteiger partial charge in [-0.1, -0.05) is 6.92 Å². The SMILES string of the molecule is CCC(C)(CNC(=O)NCCOC(N)=O)C(=O)O. The van der Waals surface area contributed by atoms with E-state index in [0.29, 0.717) is 6.42 Å². The summed E-state index contributed by atoms with van der Waals surface area (Å²) in [5, 5.41) is 13.8. The molecule has 0 aromatic rings. The van der Waals surface area contributed by atoms with Crippen molar-refractivity contribution in [3.8, 4) is 0 Å². The van der Waals surface area contributed by atoms with Gasteiger partial charge in [-0.25, -0.2) is 9.59 Å². The molecule has 8 nitrogen and oxygen atoms in total. The van der Waals surface area contributed by atoms with Crippen LogP contribution in [0.3, 0.4) is 0 Å². The van der Waals surface area contributed by atoms with Crippen molar-refractivity contribution < 1.29 is 24.2 Å². The van der Waals surface area contributed by atoms with Gasteiger partial charge in [-0.05, 0) is 13.3 Å². The van der Waals surface area contributed by atoms with Crippen LogP contribution in [0.2, 0.25) is 0 Å². The van der Waals surface area contributed by atoms with E-state index < -0.39 is 23.5 Å². The third kappa shape index (κ3) is 5.92. The van der Waals surface area contributed by atoms with Crippen LogP contribution in [0.15, 0.2) is 0 Å². The Labute approximate surface area is 105 Å². The highest BCUT2D eigenvalue weighted by atomic mass is 16.5. The predicted octanol–water partition coefficient (Wildman–Crippen LogP) is -0.118. The summed E-state index contributed by atoms with van der Waals surface area (Å²) in [4.78, 5) is 32.5. The van der Waals surface area contributed by atoms with Gasteiger partial charge in [0, 0.05) is 6.54 Å². The molecular weight excluding hydrogens is 242 g/mol. The molecule has 0 aliphatic heterocycles. The fourth-order valence-corrected chi connectivity index (χ4v) is 1.01. The molecule has 3 amide bonds. The molecule has 8 heteroatoms. The molecule has 0 aliphatic carbocycles. The Morgan fingerprint density at radius 3 is 2.39 bits per heavy atom. The molecule has 0 aliphatic rings. The first-order chi connectivity index (χ1) is 8.31. The van der Waals surface area contributed by atoms with Crippen molar-refractivity contribution in [3.63, 3.8) is 0 Å². The van der Waals surface area contributed by atoms with Gasteiger partial charge in [0.1, 0.15) is 6.61 Å². The normalized spacial score (nSPS) is 13.2. The van der Waals surface area contributed by atoms with E-state index in [-0.39, 0.29) is 19.7 Å². The molecule has 0 spiro atoms. The molecule has 1 atom stereocenters. The lowest BCUT2D eigenvalue weighted by atomic mass is 9.88. The Balaban J connectivity index is 3.89. The van der Waals surface area contributed by atoms with Gasteiger partial charge >= 0.3 is 18.1 Å². The topological polar surface area (TPSA) is 131 Å². The molecule has 5 N–H and O–H groups in total. The predicted molar refractivity (Wildman–Crippen MR) is 63.0 cm³/mol. The first-order valence-corrected chi connectivity index (χ1v) is 5.49. The fourth-order valence-electron chi connectivity index (χ4n) is 1.01. The number of rotatable bonds is 7. The second-order valence-electron chi connectivity index (χ2n) is 4.00. The van der Waals surface area contributed by atoms with Crippen LogP contribution in [0.5, 0.6) is 0 Å². The molecule has 0 aromatic carbocycles. The summed E-state index contributed by atoms with van der Waals surface area (Å²) in [6.45, 7) is 3.36. The molecule has 0 saturated carbocycles. The number of hydrogen-bond donors (Lipinski definition) is 4. The minimum absolute atomic E-state index is 0.0152. The third-order valence-corrected chi connectivity index (χ3v) is 2.57. The number of amides is 3. The quantitative estimate of drug-likeness (QED) is 0.474. The Kier molecular flexibility index (Phi) is 6.54. The van der Waals surface area contributed by atoms with Crippen LogP contribution < -0.4 is 16.4 Å². The van der Waals surface area contributed by atoms with Gasteiger partial charge in [-0.3, -0.25) is 4.79 Å². The number of carboxylic acids is 1. The monoisotopic (exact) mass is 261 g/mol. The Hall–Kier alpha value is -1.99. The van der Waals surface area contributed by atoms with E-state index in [1.165, 1.54) is 0 Å². The number of hydrogen-bond acceptors (Lipinski definition) is 4. The third-order valence-electron chi connectivity index (χ3n) is 2.57. The lowest BCUT2D eigenvalue weighted by Gasteiger charge is -2.23. The summed E-state index contributed by atoms with van der Waals surface area (Å²) in [7, 11) is 0. The van der Waals surface area contributed by atoms with Crippen molar-refractivity contribution in [2.75, 3.05) is 19.7 Å². The van der Waals surface area contributed by atoms with Gasteiger partial charge in [-0.15, -0.1) is 0 Å². The number of aliphatic carboxylic acids is 1. The summed E-state index contributed by atoms with van der Waals surface area (Å²) in [6.07, 6.45) is -0.519. The molecule has 0 rings (SSSR count). The lowest BCUT2D eigenvalue weighted by Crippen LogP contribution is -2.45. The maximum atomic E-state index is 11.3. The van der Waals surface area contributed by atoms with E-state index >= 15 is 0 Å². The van der Waals surface area contributed by atoms with Crippen LogP contribution in [-0.4, -0.2) is 42.9 Å². The lowest BCUT2D eigenvalue weighted by molar-refractivity contribution is -0.147. The molecular formula is C10H19N3O5. The van der Waals surface area contributed by atoms with E-state index in [9.17, 15) is 14.4 Å². The van der Waals surface area contributed by atoms with Gasteiger partial charge in [-0.2, -0.15) is 0 Å². The van der Waals surface area contributed by atoms with Crippen LogP contribution in [0, 0.1) is 5.41 Å². The van der Waals surface area contributed by atoms with E-state index in [0.717, 1.165) is 0 Å². The molecule has 1 unspecified atom stereocenters. The minimum Gasteiger partial charge on any atom is -0.481 e. The second kappa shape index (κ2) is 7.36. The van der Waals surface area contributed by atoms with Gasteiger partial charge in [0.15, 0.2) is 0 Å². The van der Waals surface area contributed by atoms with Crippen LogP contribution in [0.1, 0.15) is 20.3 Å². The van der Waals surface area contributed by atoms with Crippen molar-refractivity contribution in [1.29, 1.82) is 0 Å².